The lowest BCUT2D eigenvalue weighted by Gasteiger charge is -2.09. The molecule has 1 saturated carbocycles. The Hall–Kier alpha value is -0.920. The van der Waals surface area contributed by atoms with Crippen molar-refractivity contribution in [1.29, 1.82) is 0 Å². The molecule has 17 heavy (non-hydrogen) atoms. The van der Waals surface area contributed by atoms with E-state index in [-0.39, 0.29) is 11.4 Å². The van der Waals surface area contributed by atoms with Crippen molar-refractivity contribution in [3.05, 3.63) is 34.4 Å². The van der Waals surface area contributed by atoms with E-state index in [0.717, 1.165) is 24.0 Å². The summed E-state index contributed by atoms with van der Waals surface area (Å²) in [5, 5.41) is 0. The summed E-state index contributed by atoms with van der Waals surface area (Å²) in [5.74, 6) is -0.418. The van der Waals surface area contributed by atoms with Crippen LogP contribution >= 0.6 is 0 Å². The van der Waals surface area contributed by atoms with Crippen molar-refractivity contribution in [2.45, 2.75) is 60.3 Å². The van der Waals surface area contributed by atoms with Crippen molar-refractivity contribution < 1.29 is 8.78 Å². The minimum atomic E-state index is -0.431. The van der Waals surface area contributed by atoms with Gasteiger partial charge in [0.25, 0.3) is 0 Å². The van der Waals surface area contributed by atoms with Crippen LogP contribution in [0.3, 0.4) is 0 Å². The van der Waals surface area contributed by atoms with Gasteiger partial charge in [-0.05, 0) is 49.8 Å². The van der Waals surface area contributed by atoms with E-state index in [4.69, 9.17) is 0 Å². The smallest absolute Gasteiger partial charge is 0.132 e. The maximum Gasteiger partial charge on any atom is 0.132 e. The highest BCUT2D eigenvalue weighted by molar-refractivity contribution is 5.38. The SMILES string of the molecule is CC.CC.Cc1cc(F)c(C)c(F)c1C1CC1. The molecule has 0 aromatic heterocycles. The van der Waals surface area contributed by atoms with E-state index in [9.17, 15) is 8.78 Å². The predicted octanol–water partition coefficient (Wildman–Crippen LogP) is 5.51. The minimum absolute atomic E-state index is 0.160. The molecular weight excluding hydrogens is 218 g/mol. The van der Waals surface area contributed by atoms with Crippen LogP contribution in [-0.4, -0.2) is 0 Å². The van der Waals surface area contributed by atoms with Gasteiger partial charge < -0.3 is 0 Å². The lowest BCUT2D eigenvalue weighted by Crippen LogP contribution is -1.98. The zero-order valence-electron chi connectivity index (χ0n) is 11.8. The number of hydrogen-bond donors (Lipinski definition) is 0. The molecule has 0 spiro atoms. The van der Waals surface area contributed by atoms with Crippen molar-refractivity contribution in [3.8, 4) is 0 Å². The normalized spacial score (nSPS) is 13.2. The average molecular weight is 242 g/mol. The quantitative estimate of drug-likeness (QED) is 0.609. The summed E-state index contributed by atoms with van der Waals surface area (Å²) >= 11 is 0. The Kier molecular flexibility index (Phi) is 7.01. The van der Waals surface area contributed by atoms with Gasteiger partial charge in [0.1, 0.15) is 11.6 Å². The van der Waals surface area contributed by atoms with Crippen LogP contribution in [0.4, 0.5) is 8.78 Å². The molecule has 0 saturated heterocycles. The second-order valence-corrected chi connectivity index (χ2v) is 3.80. The third-order valence-corrected chi connectivity index (χ3v) is 2.68. The zero-order valence-corrected chi connectivity index (χ0v) is 11.8. The molecule has 0 amide bonds. The van der Waals surface area contributed by atoms with Gasteiger partial charge in [-0.3, -0.25) is 0 Å². The fraction of sp³-hybridized carbons (Fsp3) is 0.600. The molecule has 1 fully saturated rings. The summed E-state index contributed by atoms with van der Waals surface area (Å²) in [4.78, 5) is 0. The second kappa shape index (κ2) is 7.41. The highest BCUT2D eigenvalue weighted by Crippen LogP contribution is 2.43. The maximum absolute atomic E-state index is 13.6. The standard InChI is InChI=1S/C11H12F2.2C2H6/c1-6-5-9(12)7(2)11(13)10(6)8-3-4-8;2*1-2/h5,8H,3-4H2,1-2H3;2*1-2H3. The van der Waals surface area contributed by atoms with Gasteiger partial charge in [-0.15, -0.1) is 0 Å². The number of benzene rings is 1. The van der Waals surface area contributed by atoms with Crippen molar-refractivity contribution >= 4 is 0 Å². The van der Waals surface area contributed by atoms with Gasteiger partial charge in [0, 0.05) is 5.56 Å². The molecule has 0 atom stereocenters. The summed E-state index contributed by atoms with van der Waals surface area (Å²) in [6.45, 7) is 11.3. The molecule has 98 valence electrons. The Balaban J connectivity index is 0.000000581. The predicted molar refractivity (Wildman–Crippen MR) is 70.5 cm³/mol. The van der Waals surface area contributed by atoms with Gasteiger partial charge in [0.05, 0.1) is 0 Å². The van der Waals surface area contributed by atoms with Crippen LogP contribution in [0.25, 0.3) is 0 Å². The Morgan fingerprint density at radius 2 is 1.47 bits per heavy atom. The van der Waals surface area contributed by atoms with E-state index in [1.54, 1.807) is 6.92 Å². The summed E-state index contributed by atoms with van der Waals surface area (Å²) in [5.41, 5.74) is 1.65. The molecule has 0 nitrogen and oxygen atoms in total. The van der Waals surface area contributed by atoms with Crippen molar-refractivity contribution in [3.63, 3.8) is 0 Å². The molecule has 1 aliphatic rings. The molecule has 1 aromatic rings. The number of halogens is 2. The van der Waals surface area contributed by atoms with Gasteiger partial charge in [0.15, 0.2) is 0 Å². The van der Waals surface area contributed by atoms with Crippen LogP contribution in [0, 0.1) is 25.5 Å². The van der Waals surface area contributed by atoms with Gasteiger partial charge in [0.2, 0.25) is 0 Å². The minimum Gasteiger partial charge on any atom is -0.207 e. The lowest BCUT2D eigenvalue weighted by atomic mass is 10.0. The summed E-state index contributed by atoms with van der Waals surface area (Å²) < 4.78 is 26.6. The summed E-state index contributed by atoms with van der Waals surface area (Å²) in [7, 11) is 0. The van der Waals surface area contributed by atoms with Crippen LogP contribution < -0.4 is 0 Å². The largest absolute Gasteiger partial charge is 0.207 e. The summed E-state index contributed by atoms with van der Waals surface area (Å²) in [6.07, 6.45) is 2.09. The first-order valence-corrected chi connectivity index (χ1v) is 6.56. The van der Waals surface area contributed by atoms with E-state index < -0.39 is 5.82 Å². The van der Waals surface area contributed by atoms with Crippen LogP contribution in [0.2, 0.25) is 0 Å². The van der Waals surface area contributed by atoms with E-state index in [1.165, 1.54) is 13.0 Å². The van der Waals surface area contributed by atoms with E-state index in [1.807, 2.05) is 27.7 Å². The zero-order chi connectivity index (χ0) is 13.6. The molecule has 0 heterocycles. The first kappa shape index (κ1) is 16.1. The summed E-state index contributed by atoms with van der Waals surface area (Å²) in [6, 6.07) is 1.44. The topological polar surface area (TPSA) is 0 Å². The monoisotopic (exact) mass is 242 g/mol. The molecule has 0 aliphatic heterocycles. The van der Waals surface area contributed by atoms with Crippen LogP contribution in [0.1, 0.15) is 63.1 Å². The molecule has 0 radical (unpaired) electrons. The first-order valence-electron chi connectivity index (χ1n) is 6.56. The molecule has 0 bridgehead atoms. The highest BCUT2D eigenvalue weighted by Gasteiger charge is 2.29. The van der Waals surface area contributed by atoms with Gasteiger partial charge in [-0.25, -0.2) is 8.78 Å². The van der Waals surface area contributed by atoms with Crippen LogP contribution in [0.15, 0.2) is 6.07 Å². The Labute approximate surface area is 104 Å². The van der Waals surface area contributed by atoms with E-state index >= 15 is 0 Å². The van der Waals surface area contributed by atoms with Gasteiger partial charge in [-0.2, -0.15) is 0 Å². The van der Waals surface area contributed by atoms with Gasteiger partial charge in [-0.1, -0.05) is 27.7 Å². The van der Waals surface area contributed by atoms with Crippen LogP contribution in [0.5, 0.6) is 0 Å². The van der Waals surface area contributed by atoms with E-state index in [0.29, 0.717) is 5.92 Å². The molecule has 1 aliphatic carbocycles. The first-order chi connectivity index (χ1) is 8.11. The Bertz CT molecular complexity index is 352. The third kappa shape index (κ3) is 3.79. The fourth-order valence-electron chi connectivity index (χ4n) is 1.73. The maximum atomic E-state index is 13.6. The van der Waals surface area contributed by atoms with Gasteiger partial charge >= 0.3 is 0 Å². The number of aryl methyl sites for hydroxylation is 1. The molecule has 2 heteroatoms. The Morgan fingerprint density at radius 3 is 1.88 bits per heavy atom. The van der Waals surface area contributed by atoms with E-state index in [2.05, 4.69) is 0 Å². The molecule has 1 aromatic carbocycles. The third-order valence-electron chi connectivity index (χ3n) is 2.68. The fourth-order valence-corrected chi connectivity index (χ4v) is 1.73. The molecule has 0 N–H and O–H groups in total. The van der Waals surface area contributed by atoms with Crippen molar-refractivity contribution in [2.24, 2.45) is 0 Å². The number of rotatable bonds is 1. The van der Waals surface area contributed by atoms with Crippen molar-refractivity contribution in [2.75, 3.05) is 0 Å². The highest BCUT2D eigenvalue weighted by atomic mass is 19.1. The van der Waals surface area contributed by atoms with Crippen molar-refractivity contribution in [1.82, 2.24) is 0 Å². The molecule has 2 rings (SSSR count). The Morgan fingerprint density at radius 1 is 1.00 bits per heavy atom. The molecule has 0 unspecified atom stereocenters. The van der Waals surface area contributed by atoms with Crippen LogP contribution in [-0.2, 0) is 0 Å². The number of hydrogen-bond acceptors (Lipinski definition) is 0. The second-order valence-electron chi connectivity index (χ2n) is 3.80. The average Bonchev–Trinajstić information content (AvgIpc) is 3.16. The molecular formula is C15H24F2. The lowest BCUT2D eigenvalue weighted by molar-refractivity contribution is 0.555.